The van der Waals surface area contributed by atoms with E-state index in [1.54, 1.807) is 0 Å². The highest BCUT2D eigenvalue weighted by Gasteiger charge is 2.19. The maximum absolute atomic E-state index is 12.0. The summed E-state index contributed by atoms with van der Waals surface area (Å²) in [6.45, 7) is 0.163. The molecule has 0 aliphatic rings. The zero-order valence-electron chi connectivity index (χ0n) is 15.7. The average Bonchev–Trinajstić information content (AvgIpc) is 2.71. The summed E-state index contributed by atoms with van der Waals surface area (Å²) in [5.41, 5.74) is 0.589. The van der Waals surface area contributed by atoms with Crippen LogP contribution < -0.4 is 10.1 Å². The van der Waals surface area contributed by atoms with E-state index in [4.69, 9.17) is 9.47 Å². The first-order chi connectivity index (χ1) is 13.9. The molecule has 9 heteroatoms. The molecule has 0 spiro atoms. The third-order valence-electron chi connectivity index (χ3n) is 3.88. The number of benzene rings is 2. The van der Waals surface area contributed by atoms with Crippen LogP contribution in [0.4, 0.5) is 5.69 Å². The van der Waals surface area contributed by atoms with E-state index in [0.29, 0.717) is 6.42 Å². The Labute approximate surface area is 166 Å². The number of para-hydroxylation sites is 2. The summed E-state index contributed by atoms with van der Waals surface area (Å²) in [7, 11) is 0. The number of esters is 1. The van der Waals surface area contributed by atoms with Gasteiger partial charge in [-0.3, -0.25) is 19.7 Å². The van der Waals surface area contributed by atoms with Crippen molar-refractivity contribution in [2.75, 3.05) is 13.2 Å². The number of hydrogen-bond acceptors (Lipinski definition) is 7. The van der Waals surface area contributed by atoms with E-state index in [2.05, 4.69) is 5.32 Å². The third kappa shape index (κ3) is 7.06. The second kappa shape index (κ2) is 10.5. The van der Waals surface area contributed by atoms with Gasteiger partial charge in [0.05, 0.1) is 11.0 Å². The highest BCUT2D eigenvalue weighted by Crippen LogP contribution is 2.25. The molecule has 0 radical (unpaired) electrons. The summed E-state index contributed by atoms with van der Waals surface area (Å²) in [4.78, 5) is 45.8. The fourth-order valence-electron chi connectivity index (χ4n) is 2.44. The van der Waals surface area contributed by atoms with Crippen LogP contribution in [0.3, 0.4) is 0 Å². The number of nitro benzene ring substituents is 1. The summed E-state index contributed by atoms with van der Waals surface area (Å²) in [6, 6.07) is 14.0. The monoisotopic (exact) mass is 400 g/mol. The number of carbonyl (C=O) groups excluding carboxylic acids is 3. The smallest absolute Gasteiger partial charge is 0.344 e. The van der Waals surface area contributed by atoms with Crippen LogP contribution >= 0.6 is 0 Å². The molecule has 0 aliphatic heterocycles. The van der Waals surface area contributed by atoms with Gasteiger partial charge in [0.2, 0.25) is 0 Å². The molecule has 29 heavy (non-hydrogen) atoms. The molecule has 2 aromatic rings. The van der Waals surface area contributed by atoms with Crippen LogP contribution in [0.25, 0.3) is 0 Å². The highest BCUT2D eigenvalue weighted by molar-refractivity contribution is 5.88. The fourth-order valence-corrected chi connectivity index (χ4v) is 2.44. The fraction of sp³-hybridized carbons (Fsp3) is 0.250. The maximum atomic E-state index is 12.0. The molecule has 0 saturated heterocycles. The van der Waals surface area contributed by atoms with Crippen molar-refractivity contribution in [3.8, 4) is 5.75 Å². The van der Waals surface area contributed by atoms with Crippen molar-refractivity contribution < 1.29 is 28.8 Å². The number of nitrogens with one attached hydrogen (secondary N) is 1. The number of ether oxygens (including phenoxy) is 2. The third-order valence-corrected chi connectivity index (χ3v) is 3.88. The van der Waals surface area contributed by atoms with Crippen LogP contribution in [-0.2, 0) is 25.5 Å². The summed E-state index contributed by atoms with van der Waals surface area (Å²) in [5.74, 6) is -1.83. The molecule has 152 valence electrons. The quantitative estimate of drug-likeness (QED) is 0.366. The first-order valence-corrected chi connectivity index (χ1v) is 8.72. The Hall–Kier alpha value is -3.75. The van der Waals surface area contributed by atoms with Crippen molar-refractivity contribution in [3.05, 3.63) is 70.3 Å². The number of nitro groups is 1. The zero-order chi connectivity index (χ0) is 21.2. The highest BCUT2D eigenvalue weighted by atomic mass is 16.6. The van der Waals surface area contributed by atoms with Crippen molar-refractivity contribution in [2.45, 2.75) is 19.4 Å². The van der Waals surface area contributed by atoms with E-state index in [1.807, 2.05) is 30.3 Å². The average molecular weight is 400 g/mol. The van der Waals surface area contributed by atoms with E-state index in [0.717, 1.165) is 5.56 Å². The standard InChI is InChI=1S/C20H20N2O7/c1-14(23)16(11-15-7-3-2-4-8-15)21-19(24)12-29-20(25)13-28-18-10-6-5-9-17(18)22(26)27/h2-10,16H,11-13H2,1H3,(H,21,24)/t16-/m1/s1. The summed E-state index contributed by atoms with van der Waals surface area (Å²) < 4.78 is 9.89. The molecule has 0 bridgehead atoms. The van der Waals surface area contributed by atoms with Gasteiger partial charge in [0.25, 0.3) is 5.91 Å². The van der Waals surface area contributed by atoms with Crippen LogP contribution in [0.1, 0.15) is 12.5 Å². The minimum absolute atomic E-state index is 0.0848. The van der Waals surface area contributed by atoms with Crippen molar-refractivity contribution in [1.29, 1.82) is 0 Å². The number of amides is 1. The van der Waals surface area contributed by atoms with E-state index < -0.39 is 36.1 Å². The summed E-state index contributed by atoms with van der Waals surface area (Å²) in [5, 5.41) is 13.4. The van der Waals surface area contributed by atoms with Crippen molar-refractivity contribution in [1.82, 2.24) is 5.32 Å². The lowest BCUT2D eigenvalue weighted by Crippen LogP contribution is -2.43. The largest absolute Gasteiger partial charge is 0.475 e. The Morgan fingerprint density at radius 1 is 1.03 bits per heavy atom. The second-order valence-electron chi connectivity index (χ2n) is 6.09. The first kappa shape index (κ1) is 21.5. The van der Waals surface area contributed by atoms with E-state index in [-0.39, 0.29) is 17.2 Å². The van der Waals surface area contributed by atoms with E-state index in [1.165, 1.54) is 31.2 Å². The predicted molar refractivity (Wildman–Crippen MR) is 102 cm³/mol. The van der Waals surface area contributed by atoms with Gasteiger partial charge in [-0.2, -0.15) is 0 Å². The molecule has 1 amide bonds. The van der Waals surface area contributed by atoms with Gasteiger partial charge in [-0.15, -0.1) is 0 Å². The van der Waals surface area contributed by atoms with Gasteiger partial charge in [0.15, 0.2) is 24.7 Å². The van der Waals surface area contributed by atoms with Gasteiger partial charge in [-0.25, -0.2) is 4.79 Å². The minimum atomic E-state index is -0.874. The predicted octanol–water partition coefficient (Wildman–Crippen LogP) is 1.83. The first-order valence-electron chi connectivity index (χ1n) is 8.72. The zero-order valence-corrected chi connectivity index (χ0v) is 15.7. The van der Waals surface area contributed by atoms with Crippen LogP contribution in [0.2, 0.25) is 0 Å². The number of rotatable bonds is 10. The molecule has 0 saturated carbocycles. The van der Waals surface area contributed by atoms with Crippen molar-refractivity contribution in [2.24, 2.45) is 0 Å². The Morgan fingerprint density at radius 3 is 2.34 bits per heavy atom. The van der Waals surface area contributed by atoms with Crippen LogP contribution in [-0.4, -0.2) is 41.8 Å². The Bertz CT molecular complexity index is 883. The molecule has 2 rings (SSSR count). The lowest BCUT2D eigenvalue weighted by Gasteiger charge is -2.16. The minimum Gasteiger partial charge on any atom is -0.475 e. The molecule has 9 nitrogen and oxygen atoms in total. The normalized spacial score (nSPS) is 11.2. The molecule has 0 aromatic heterocycles. The van der Waals surface area contributed by atoms with Gasteiger partial charge in [-0.1, -0.05) is 42.5 Å². The van der Waals surface area contributed by atoms with Gasteiger partial charge in [0.1, 0.15) is 0 Å². The van der Waals surface area contributed by atoms with Crippen LogP contribution in [0.15, 0.2) is 54.6 Å². The van der Waals surface area contributed by atoms with Gasteiger partial charge in [-0.05, 0) is 25.0 Å². The van der Waals surface area contributed by atoms with Crippen molar-refractivity contribution in [3.63, 3.8) is 0 Å². The molecule has 0 fully saturated rings. The number of carbonyl (C=O) groups is 3. The van der Waals surface area contributed by atoms with E-state index >= 15 is 0 Å². The number of hydrogen-bond donors (Lipinski definition) is 1. The van der Waals surface area contributed by atoms with Crippen LogP contribution in [0, 0.1) is 10.1 Å². The molecule has 1 N–H and O–H groups in total. The summed E-state index contributed by atoms with van der Waals surface area (Å²) >= 11 is 0. The number of nitrogens with zero attached hydrogens (tertiary/aromatic N) is 1. The van der Waals surface area contributed by atoms with Gasteiger partial charge in [0, 0.05) is 6.07 Å². The Kier molecular flexibility index (Phi) is 7.84. The molecule has 1 atom stereocenters. The lowest BCUT2D eigenvalue weighted by molar-refractivity contribution is -0.385. The van der Waals surface area contributed by atoms with E-state index in [9.17, 15) is 24.5 Å². The molecule has 0 unspecified atom stereocenters. The summed E-state index contributed by atoms with van der Waals surface area (Å²) in [6.07, 6.45) is 0.316. The van der Waals surface area contributed by atoms with Crippen LogP contribution in [0.5, 0.6) is 5.75 Å². The Morgan fingerprint density at radius 2 is 1.69 bits per heavy atom. The number of ketones is 1. The molecule has 0 aliphatic carbocycles. The molecular weight excluding hydrogens is 380 g/mol. The molecule has 0 heterocycles. The van der Waals surface area contributed by atoms with Gasteiger partial charge >= 0.3 is 11.7 Å². The maximum Gasteiger partial charge on any atom is 0.344 e. The second-order valence-corrected chi connectivity index (χ2v) is 6.09. The number of Topliss-reactive ketones (excluding diaryl/α,β-unsaturated/α-hetero) is 1. The topological polar surface area (TPSA) is 125 Å². The molecule has 2 aromatic carbocycles. The SMILES string of the molecule is CC(=O)[C@@H](Cc1ccccc1)NC(=O)COC(=O)COc1ccccc1[N+](=O)[O-]. The lowest BCUT2D eigenvalue weighted by atomic mass is 10.0. The molecular formula is C20H20N2O7. The van der Waals surface area contributed by atoms with Crippen molar-refractivity contribution >= 4 is 23.3 Å². The Balaban J connectivity index is 1.81. The van der Waals surface area contributed by atoms with Gasteiger partial charge < -0.3 is 14.8 Å².